The third kappa shape index (κ3) is 4.57. The quantitative estimate of drug-likeness (QED) is 0.457. The molecule has 6 nitrogen and oxygen atoms in total. The lowest BCUT2D eigenvalue weighted by Crippen LogP contribution is -2.30. The number of amides is 1. The van der Waals surface area contributed by atoms with E-state index in [9.17, 15) is 14.0 Å². The van der Waals surface area contributed by atoms with Crippen molar-refractivity contribution in [2.75, 3.05) is 6.54 Å². The van der Waals surface area contributed by atoms with Gasteiger partial charge in [-0.2, -0.15) is 0 Å². The molecule has 0 spiro atoms. The van der Waals surface area contributed by atoms with Crippen LogP contribution in [-0.4, -0.2) is 39.1 Å². The summed E-state index contributed by atoms with van der Waals surface area (Å²) in [4.78, 5) is 35.8. The Hall–Kier alpha value is -3.74. The molecule has 2 aliphatic rings. The Bertz CT molecular complexity index is 1420. The molecule has 1 aliphatic carbocycles. The average molecular weight is 487 g/mol. The SMILES string of the molecule is CCCCN1Cc2cc3[nH]c(C4=C(N[C@@H](C)Cc5cc(F)ccc5C)C=CCC4=O)nc3cc2C1=O. The van der Waals surface area contributed by atoms with Crippen molar-refractivity contribution in [1.29, 1.82) is 0 Å². The van der Waals surface area contributed by atoms with Crippen molar-refractivity contribution >= 4 is 28.3 Å². The van der Waals surface area contributed by atoms with Crippen molar-refractivity contribution in [2.45, 2.75) is 59.0 Å². The molecule has 186 valence electrons. The summed E-state index contributed by atoms with van der Waals surface area (Å²) in [5.74, 6) is 0.263. The number of H-pyrrole nitrogens is 1. The lowest BCUT2D eigenvalue weighted by atomic mass is 9.98. The Morgan fingerprint density at radius 3 is 2.86 bits per heavy atom. The number of carbonyl (C=O) groups excluding carboxylic acids is 2. The Balaban J connectivity index is 1.43. The molecule has 1 amide bonds. The van der Waals surface area contributed by atoms with Crippen LogP contribution in [-0.2, 0) is 17.8 Å². The fourth-order valence-electron chi connectivity index (χ4n) is 5.03. The highest BCUT2D eigenvalue weighted by Crippen LogP contribution is 2.30. The first kappa shape index (κ1) is 24.0. The van der Waals surface area contributed by atoms with Gasteiger partial charge in [0.25, 0.3) is 5.91 Å². The Labute approximate surface area is 210 Å². The number of halogens is 1. The van der Waals surface area contributed by atoms with E-state index < -0.39 is 0 Å². The van der Waals surface area contributed by atoms with Gasteiger partial charge in [0.05, 0.1) is 16.6 Å². The second-order valence-corrected chi connectivity index (χ2v) is 9.83. The zero-order chi connectivity index (χ0) is 25.4. The number of hydrogen-bond acceptors (Lipinski definition) is 4. The number of carbonyl (C=O) groups is 2. The van der Waals surface area contributed by atoms with Gasteiger partial charge in [0.15, 0.2) is 5.78 Å². The van der Waals surface area contributed by atoms with Gasteiger partial charge in [0.1, 0.15) is 11.6 Å². The minimum atomic E-state index is -0.253. The van der Waals surface area contributed by atoms with Gasteiger partial charge in [-0.3, -0.25) is 9.59 Å². The third-order valence-corrected chi connectivity index (χ3v) is 6.98. The number of aromatic amines is 1. The van der Waals surface area contributed by atoms with Gasteiger partial charge >= 0.3 is 0 Å². The predicted molar refractivity (Wildman–Crippen MR) is 139 cm³/mol. The summed E-state index contributed by atoms with van der Waals surface area (Å²) in [6.45, 7) is 7.46. The Kier molecular flexibility index (Phi) is 6.48. The summed E-state index contributed by atoms with van der Waals surface area (Å²) in [6.07, 6.45) is 6.70. The van der Waals surface area contributed by atoms with Crippen LogP contribution in [0.2, 0.25) is 0 Å². The topological polar surface area (TPSA) is 78.1 Å². The highest BCUT2D eigenvalue weighted by atomic mass is 19.1. The number of nitrogens with zero attached hydrogens (tertiary/aromatic N) is 2. The van der Waals surface area contributed by atoms with Crippen LogP contribution in [0.15, 0.2) is 48.2 Å². The van der Waals surface area contributed by atoms with Crippen LogP contribution < -0.4 is 5.32 Å². The minimum absolute atomic E-state index is 0.0254. The van der Waals surface area contributed by atoms with Crippen LogP contribution in [0.25, 0.3) is 16.6 Å². The lowest BCUT2D eigenvalue weighted by molar-refractivity contribution is -0.113. The van der Waals surface area contributed by atoms with E-state index in [-0.39, 0.29) is 23.5 Å². The highest BCUT2D eigenvalue weighted by molar-refractivity contribution is 6.22. The van der Waals surface area contributed by atoms with Crippen molar-refractivity contribution in [1.82, 2.24) is 20.2 Å². The first-order chi connectivity index (χ1) is 17.3. The summed E-state index contributed by atoms with van der Waals surface area (Å²) in [5.41, 5.74) is 6.33. The molecule has 0 saturated carbocycles. The molecular weight excluding hydrogens is 455 g/mol. The molecule has 0 bridgehead atoms. The van der Waals surface area contributed by atoms with E-state index in [0.29, 0.717) is 47.6 Å². The number of fused-ring (bicyclic) bond motifs is 2. The van der Waals surface area contributed by atoms with Gasteiger partial charge in [-0.15, -0.1) is 0 Å². The molecular formula is C29H31FN4O2. The smallest absolute Gasteiger partial charge is 0.254 e. The van der Waals surface area contributed by atoms with Crippen molar-refractivity contribution in [3.63, 3.8) is 0 Å². The maximum Gasteiger partial charge on any atom is 0.254 e. The average Bonchev–Trinajstić information content (AvgIpc) is 3.38. The maximum atomic E-state index is 13.8. The highest BCUT2D eigenvalue weighted by Gasteiger charge is 2.29. The Morgan fingerprint density at radius 1 is 1.22 bits per heavy atom. The molecule has 0 saturated heterocycles. The molecule has 1 aliphatic heterocycles. The second-order valence-electron chi connectivity index (χ2n) is 9.83. The van der Waals surface area contributed by atoms with Crippen LogP contribution in [0.4, 0.5) is 4.39 Å². The number of nitrogens with one attached hydrogen (secondary N) is 2. The molecule has 1 aromatic heterocycles. The van der Waals surface area contributed by atoms with Crippen molar-refractivity contribution in [2.24, 2.45) is 0 Å². The number of rotatable bonds is 8. The van der Waals surface area contributed by atoms with Gasteiger partial charge in [0.2, 0.25) is 0 Å². The minimum Gasteiger partial charge on any atom is -0.382 e. The van der Waals surface area contributed by atoms with Crippen molar-refractivity contribution in [3.8, 4) is 0 Å². The summed E-state index contributed by atoms with van der Waals surface area (Å²) in [5, 5.41) is 3.44. The van der Waals surface area contributed by atoms with Gasteiger partial charge < -0.3 is 15.2 Å². The fraction of sp³-hybridized carbons (Fsp3) is 0.345. The predicted octanol–water partition coefficient (Wildman–Crippen LogP) is 5.23. The summed E-state index contributed by atoms with van der Waals surface area (Å²) in [6, 6.07) is 8.60. The summed E-state index contributed by atoms with van der Waals surface area (Å²) >= 11 is 0. The molecule has 1 atom stereocenters. The van der Waals surface area contributed by atoms with Crippen molar-refractivity contribution < 1.29 is 14.0 Å². The molecule has 0 unspecified atom stereocenters. The number of imidazole rings is 1. The third-order valence-electron chi connectivity index (χ3n) is 6.98. The largest absolute Gasteiger partial charge is 0.382 e. The molecule has 0 radical (unpaired) electrons. The molecule has 7 heteroatoms. The first-order valence-electron chi connectivity index (χ1n) is 12.6. The van der Waals surface area contributed by atoms with Crippen LogP contribution >= 0.6 is 0 Å². The van der Waals surface area contributed by atoms with E-state index in [1.165, 1.54) is 6.07 Å². The number of hydrogen-bond donors (Lipinski definition) is 2. The number of allylic oxidation sites excluding steroid dienone is 3. The van der Waals surface area contributed by atoms with E-state index in [4.69, 9.17) is 4.98 Å². The number of Topliss-reactive ketones (excluding diaryl/α,β-unsaturated/α-hetero) is 1. The second kappa shape index (κ2) is 9.72. The van der Waals surface area contributed by atoms with Crippen LogP contribution in [0, 0.1) is 12.7 Å². The Morgan fingerprint density at radius 2 is 2.06 bits per heavy atom. The normalized spacial score (nSPS) is 16.3. The van der Waals surface area contributed by atoms with Crippen LogP contribution in [0.5, 0.6) is 0 Å². The maximum absolute atomic E-state index is 13.8. The lowest BCUT2D eigenvalue weighted by Gasteiger charge is -2.21. The standard InChI is InChI=1S/C29H31FN4O2/c1-4-5-11-34-16-20-14-24-25(15-22(20)29(34)36)33-28(32-24)27-23(7-6-8-26(27)35)31-18(3)12-19-13-21(30)10-9-17(19)2/h6-7,9-10,13-15,18,31H,4-5,8,11-12,16H2,1-3H3,(H,32,33)/t18-/m0/s1. The molecule has 3 aromatic rings. The molecule has 2 N–H and O–H groups in total. The first-order valence-corrected chi connectivity index (χ1v) is 12.6. The molecule has 0 fully saturated rings. The molecule has 36 heavy (non-hydrogen) atoms. The fourth-order valence-corrected chi connectivity index (χ4v) is 5.03. The zero-order valence-corrected chi connectivity index (χ0v) is 21.0. The number of aryl methyl sites for hydroxylation is 1. The van der Waals surface area contributed by atoms with Gasteiger partial charge in [-0.05, 0) is 73.7 Å². The van der Waals surface area contributed by atoms with Gasteiger partial charge in [-0.1, -0.05) is 25.5 Å². The van der Waals surface area contributed by atoms with Gasteiger partial charge in [-0.25, -0.2) is 9.37 Å². The number of aromatic nitrogens is 2. The van der Waals surface area contributed by atoms with Gasteiger partial charge in [0, 0.05) is 36.8 Å². The summed E-state index contributed by atoms with van der Waals surface area (Å²) in [7, 11) is 0. The number of benzene rings is 2. The van der Waals surface area contributed by atoms with E-state index in [1.54, 1.807) is 12.1 Å². The molecule has 2 heterocycles. The molecule has 2 aromatic carbocycles. The van der Waals surface area contributed by atoms with Crippen molar-refractivity contribution in [3.05, 3.63) is 82.1 Å². The molecule has 5 rings (SSSR count). The van der Waals surface area contributed by atoms with E-state index in [0.717, 1.165) is 41.6 Å². The van der Waals surface area contributed by atoms with E-state index in [1.807, 2.05) is 43.0 Å². The zero-order valence-electron chi connectivity index (χ0n) is 21.0. The summed E-state index contributed by atoms with van der Waals surface area (Å²) < 4.78 is 13.8. The monoisotopic (exact) mass is 486 g/mol. The number of unbranched alkanes of at least 4 members (excludes halogenated alkanes) is 1. The van der Waals surface area contributed by atoms with E-state index >= 15 is 0 Å². The van der Waals surface area contributed by atoms with Crippen LogP contribution in [0.1, 0.15) is 66.0 Å². The van der Waals surface area contributed by atoms with E-state index in [2.05, 4.69) is 17.2 Å². The van der Waals surface area contributed by atoms with Crippen LogP contribution in [0.3, 0.4) is 0 Å². The number of ketones is 1.